The molecular formula is C14H22ClFN2O. The van der Waals surface area contributed by atoms with Gasteiger partial charge in [0.05, 0.1) is 11.6 Å². The first-order valence-corrected chi connectivity index (χ1v) is 6.86. The zero-order valence-electron chi connectivity index (χ0n) is 11.7. The van der Waals surface area contributed by atoms with E-state index in [0.29, 0.717) is 17.0 Å². The van der Waals surface area contributed by atoms with Crippen molar-refractivity contribution >= 4 is 11.6 Å². The Hall–Kier alpha value is -0.680. The van der Waals surface area contributed by atoms with Crippen LogP contribution in [0.15, 0.2) is 18.2 Å². The average Bonchev–Trinajstić information content (AvgIpc) is 2.43. The normalized spacial score (nSPS) is 13.6. The smallest absolute Gasteiger partial charge is 0.127 e. The van der Waals surface area contributed by atoms with Crippen molar-refractivity contribution in [2.24, 2.45) is 5.84 Å². The minimum absolute atomic E-state index is 0.207. The molecule has 0 aromatic heterocycles. The largest absolute Gasteiger partial charge is 0.377 e. The first kappa shape index (κ1) is 16.4. The van der Waals surface area contributed by atoms with Gasteiger partial charge in [0, 0.05) is 17.7 Å². The highest BCUT2D eigenvalue weighted by Crippen LogP contribution is 2.29. The van der Waals surface area contributed by atoms with Crippen LogP contribution in [-0.2, 0) is 11.2 Å². The fourth-order valence-electron chi connectivity index (χ4n) is 2.50. The number of hydrazine groups is 1. The lowest BCUT2D eigenvalue weighted by Gasteiger charge is -2.38. The topological polar surface area (TPSA) is 47.3 Å². The summed E-state index contributed by atoms with van der Waals surface area (Å²) in [5.41, 5.74) is 2.79. The lowest BCUT2D eigenvalue weighted by molar-refractivity contribution is -0.0474. The number of nitrogens with one attached hydrogen (secondary N) is 1. The maximum Gasteiger partial charge on any atom is 0.127 e. The van der Waals surface area contributed by atoms with Crippen molar-refractivity contribution < 1.29 is 9.13 Å². The molecule has 0 amide bonds. The third kappa shape index (κ3) is 3.45. The molecule has 0 saturated heterocycles. The van der Waals surface area contributed by atoms with Gasteiger partial charge in [-0.1, -0.05) is 31.5 Å². The molecule has 3 nitrogen and oxygen atoms in total. The second-order valence-electron chi connectivity index (χ2n) is 4.60. The number of benzene rings is 1. The van der Waals surface area contributed by atoms with Crippen LogP contribution in [0.1, 0.15) is 32.3 Å². The summed E-state index contributed by atoms with van der Waals surface area (Å²) in [6.45, 7) is 4.06. The van der Waals surface area contributed by atoms with Gasteiger partial charge in [-0.05, 0) is 31.4 Å². The minimum Gasteiger partial charge on any atom is -0.377 e. The summed E-state index contributed by atoms with van der Waals surface area (Å²) < 4.78 is 19.5. The molecule has 3 N–H and O–H groups in total. The molecule has 0 aliphatic heterocycles. The van der Waals surface area contributed by atoms with Crippen LogP contribution < -0.4 is 11.3 Å². The highest BCUT2D eigenvalue weighted by atomic mass is 35.5. The van der Waals surface area contributed by atoms with E-state index < -0.39 is 5.60 Å². The number of hydrogen-bond donors (Lipinski definition) is 2. The van der Waals surface area contributed by atoms with E-state index in [0.717, 1.165) is 12.8 Å². The van der Waals surface area contributed by atoms with Crippen LogP contribution in [0.5, 0.6) is 0 Å². The zero-order valence-corrected chi connectivity index (χ0v) is 12.4. The fraction of sp³-hybridized carbons (Fsp3) is 0.571. The highest BCUT2D eigenvalue weighted by Gasteiger charge is 2.36. The molecule has 0 radical (unpaired) electrons. The molecule has 1 unspecified atom stereocenters. The van der Waals surface area contributed by atoms with Gasteiger partial charge in [-0.3, -0.25) is 11.3 Å². The lowest BCUT2D eigenvalue weighted by Crippen LogP contribution is -2.55. The van der Waals surface area contributed by atoms with Crippen molar-refractivity contribution in [3.63, 3.8) is 0 Å². The summed E-state index contributed by atoms with van der Waals surface area (Å²) in [5.74, 6) is 5.32. The summed E-state index contributed by atoms with van der Waals surface area (Å²) >= 11 is 6.06. The van der Waals surface area contributed by atoms with E-state index in [1.165, 1.54) is 6.07 Å². The Bertz CT molecular complexity index is 382. The van der Waals surface area contributed by atoms with Crippen LogP contribution in [0.2, 0.25) is 5.02 Å². The van der Waals surface area contributed by atoms with E-state index in [1.807, 2.05) is 13.8 Å². The van der Waals surface area contributed by atoms with E-state index in [-0.39, 0.29) is 11.9 Å². The average molecular weight is 289 g/mol. The van der Waals surface area contributed by atoms with E-state index in [1.54, 1.807) is 19.2 Å². The Kier molecular flexibility index (Phi) is 6.20. The molecule has 0 spiro atoms. The zero-order chi connectivity index (χ0) is 14.5. The summed E-state index contributed by atoms with van der Waals surface area (Å²) in [4.78, 5) is 0. The maximum atomic E-state index is 13.9. The molecule has 19 heavy (non-hydrogen) atoms. The van der Waals surface area contributed by atoms with Gasteiger partial charge in [0.15, 0.2) is 0 Å². The predicted octanol–water partition coefficient (Wildman–Crippen LogP) is 3.06. The molecule has 1 aromatic rings. The molecule has 1 rings (SSSR count). The molecule has 1 atom stereocenters. The van der Waals surface area contributed by atoms with Crippen LogP contribution in [0, 0.1) is 5.82 Å². The van der Waals surface area contributed by atoms with Crippen LogP contribution in [0.3, 0.4) is 0 Å². The number of halogens is 2. The molecule has 0 fully saturated rings. The van der Waals surface area contributed by atoms with Crippen molar-refractivity contribution in [3.8, 4) is 0 Å². The monoisotopic (exact) mass is 288 g/mol. The van der Waals surface area contributed by atoms with Gasteiger partial charge in [-0.25, -0.2) is 4.39 Å². The van der Waals surface area contributed by atoms with Crippen LogP contribution in [0.4, 0.5) is 4.39 Å². The third-order valence-electron chi connectivity index (χ3n) is 3.91. The van der Waals surface area contributed by atoms with E-state index in [4.69, 9.17) is 22.2 Å². The first-order valence-electron chi connectivity index (χ1n) is 6.48. The molecule has 5 heteroatoms. The molecule has 1 aromatic carbocycles. The summed E-state index contributed by atoms with van der Waals surface area (Å²) in [7, 11) is 1.65. The highest BCUT2D eigenvalue weighted by molar-refractivity contribution is 6.31. The Morgan fingerprint density at radius 1 is 1.42 bits per heavy atom. The summed E-state index contributed by atoms with van der Waals surface area (Å²) in [5, 5.41) is 0.414. The van der Waals surface area contributed by atoms with Crippen molar-refractivity contribution in [1.29, 1.82) is 0 Å². The van der Waals surface area contributed by atoms with Crippen LogP contribution in [0.25, 0.3) is 0 Å². The van der Waals surface area contributed by atoms with Gasteiger partial charge in [0.1, 0.15) is 5.82 Å². The van der Waals surface area contributed by atoms with Crippen molar-refractivity contribution in [1.82, 2.24) is 5.43 Å². The SMILES string of the molecule is CCC(CC)(OC)C(Cc1c(F)cccc1Cl)NN. The standard InChI is InChI=1S/C14H22ClFN2O/c1-4-14(5-2,19-3)13(18-17)9-10-11(15)7-6-8-12(10)16/h6-8,13,18H,4-5,9,17H2,1-3H3. The maximum absolute atomic E-state index is 13.9. The lowest BCUT2D eigenvalue weighted by atomic mass is 9.84. The van der Waals surface area contributed by atoms with Crippen molar-refractivity contribution in [2.45, 2.75) is 44.8 Å². The number of methoxy groups -OCH3 is 1. The van der Waals surface area contributed by atoms with Crippen LogP contribution >= 0.6 is 11.6 Å². The minimum atomic E-state index is -0.430. The Labute approximate surface area is 119 Å². The molecule has 0 bridgehead atoms. The van der Waals surface area contributed by atoms with E-state index >= 15 is 0 Å². The van der Waals surface area contributed by atoms with Crippen LogP contribution in [-0.4, -0.2) is 18.8 Å². The summed E-state index contributed by atoms with van der Waals surface area (Å²) in [6, 6.07) is 4.47. The van der Waals surface area contributed by atoms with Gasteiger partial charge in [-0.2, -0.15) is 0 Å². The van der Waals surface area contributed by atoms with E-state index in [2.05, 4.69) is 5.43 Å². The molecule has 0 saturated carbocycles. The van der Waals surface area contributed by atoms with Gasteiger partial charge in [0.2, 0.25) is 0 Å². The molecule has 0 aliphatic carbocycles. The summed E-state index contributed by atoms with van der Waals surface area (Å²) in [6.07, 6.45) is 1.94. The van der Waals surface area contributed by atoms with E-state index in [9.17, 15) is 4.39 Å². The molecule has 108 valence electrons. The number of nitrogens with two attached hydrogens (primary N) is 1. The Morgan fingerprint density at radius 3 is 2.47 bits per heavy atom. The Morgan fingerprint density at radius 2 is 2.05 bits per heavy atom. The third-order valence-corrected chi connectivity index (χ3v) is 4.26. The second-order valence-corrected chi connectivity index (χ2v) is 5.01. The number of rotatable bonds is 7. The molecule has 0 aliphatic rings. The first-order chi connectivity index (χ1) is 9.04. The molecular weight excluding hydrogens is 267 g/mol. The van der Waals surface area contributed by atoms with Crippen molar-refractivity contribution in [2.75, 3.05) is 7.11 Å². The van der Waals surface area contributed by atoms with Gasteiger partial charge >= 0.3 is 0 Å². The van der Waals surface area contributed by atoms with Crippen molar-refractivity contribution in [3.05, 3.63) is 34.6 Å². The second kappa shape index (κ2) is 7.20. The Balaban J connectivity index is 3.05. The number of ether oxygens (including phenoxy) is 1. The predicted molar refractivity (Wildman–Crippen MR) is 76.5 cm³/mol. The quantitative estimate of drug-likeness (QED) is 0.599. The molecule has 0 heterocycles. The number of hydrogen-bond acceptors (Lipinski definition) is 3. The van der Waals surface area contributed by atoms with Gasteiger partial charge in [0.25, 0.3) is 0 Å². The van der Waals surface area contributed by atoms with Gasteiger partial charge in [-0.15, -0.1) is 0 Å². The van der Waals surface area contributed by atoms with Gasteiger partial charge < -0.3 is 4.74 Å². The fourth-order valence-corrected chi connectivity index (χ4v) is 2.74.